The van der Waals surface area contributed by atoms with E-state index in [2.05, 4.69) is 11.1 Å². The van der Waals surface area contributed by atoms with E-state index in [0.717, 1.165) is 23.3 Å². The monoisotopic (exact) mass is 431 g/mol. The van der Waals surface area contributed by atoms with Gasteiger partial charge in [0.15, 0.2) is 0 Å². The van der Waals surface area contributed by atoms with Crippen molar-refractivity contribution in [2.45, 2.75) is 72.2 Å². The van der Waals surface area contributed by atoms with Gasteiger partial charge in [-0.05, 0) is 46.6 Å². The lowest BCUT2D eigenvalue weighted by atomic mass is 9.88. The second kappa shape index (κ2) is 10.3. The highest BCUT2D eigenvalue weighted by atomic mass is 16.5. The van der Waals surface area contributed by atoms with Gasteiger partial charge in [-0.25, -0.2) is 0 Å². The van der Waals surface area contributed by atoms with Crippen molar-refractivity contribution < 1.29 is 19.3 Å². The van der Waals surface area contributed by atoms with Crippen molar-refractivity contribution >= 4 is 0 Å². The van der Waals surface area contributed by atoms with Crippen molar-refractivity contribution in [3.63, 3.8) is 0 Å². The molecule has 172 valence electrons. The third-order valence-corrected chi connectivity index (χ3v) is 6.27. The van der Waals surface area contributed by atoms with Crippen LogP contribution >= 0.6 is 0 Å². The highest BCUT2D eigenvalue weighted by Gasteiger charge is 2.48. The minimum absolute atomic E-state index is 0.0346. The Balaban J connectivity index is 2.10. The van der Waals surface area contributed by atoms with Gasteiger partial charge in [0.2, 0.25) is 17.1 Å². The number of allylic oxidation sites excluding steroid dienone is 4. The number of hydrogen-bond acceptors (Lipinski definition) is 5. The van der Waals surface area contributed by atoms with E-state index in [9.17, 15) is 9.90 Å². The summed E-state index contributed by atoms with van der Waals surface area (Å²) in [4.78, 5) is 15.6. The number of methoxy groups -OCH3 is 2. The summed E-state index contributed by atoms with van der Waals surface area (Å²) in [6, 6.07) is 0. The molecule has 0 bridgehead atoms. The van der Waals surface area contributed by atoms with Crippen LogP contribution in [0.25, 0.3) is 0 Å². The van der Waals surface area contributed by atoms with E-state index >= 15 is 0 Å². The number of aromatic nitrogens is 1. The van der Waals surface area contributed by atoms with Crippen molar-refractivity contribution in [2.75, 3.05) is 14.2 Å². The number of nitrogens with one attached hydrogen (secondary N) is 1. The summed E-state index contributed by atoms with van der Waals surface area (Å²) in [6.07, 6.45) is 8.80. The molecule has 2 heterocycles. The quantitative estimate of drug-likeness (QED) is 0.601. The minimum Gasteiger partial charge on any atom is -0.488 e. The lowest BCUT2D eigenvalue weighted by Gasteiger charge is -2.24. The maximum absolute atomic E-state index is 12.5. The van der Waals surface area contributed by atoms with Gasteiger partial charge in [-0.1, -0.05) is 36.8 Å². The van der Waals surface area contributed by atoms with E-state index in [4.69, 9.17) is 14.2 Å². The lowest BCUT2D eigenvalue weighted by molar-refractivity contribution is -0.0256. The molecule has 0 unspecified atom stereocenters. The van der Waals surface area contributed by atoms with Gasteiger partial charge in [0.1, 0.15) is 5.60 Å². The smallest absolute Gasteiger partial charge is 0.238 e. The molecule has 1 saturated heterocycles. The summed E-state index contributed by atoms with van der Waals surface area (Å²) in [5.74, 6) is 0.559. The molecule has 2 rings (SSSR count). The molecule has 6 heteroatoms. The highest BCUT2D eigenvalue weighted by Crippen LogP contribution is 2.39. The van der Waals surface area contributed by atoms with Crippen LogP contribution in [0.5, 0.6) is 11.6 Å². The molecule has 1 aliphatic heterocycles. The standard InChI is InChI=1S/C25H37NO5/c1-9-16(3)21-18(5)23(28)25(6,31-21)14-10-11-15(2)12-13-19-17(4)20(27)22(29-7)24(26-19)30-8/h9-10,12,14,18,21,23,28H,11,13H2,1-8H3,(H,26,27)/b14-10+,15-12+,16-9+/t18-,21-,23+,25-/m1/s1. The molecular formula is C25H37NO5. The first-order valence-electron chi connectivity index (χ1n) is 10.7. The maximum atomic E-state index is 12.5. The number of ether oxygens (including phenoxy) is 3. The summed E-state index contributed by atoms with van der Waals surface area (Å²) in [7, 11) is 2.96. The fourth-order valence-electron chi connectivity index (χ4n) is 4.02. The topological polar surface area (TPSA) is 80.8 Å². The molecule has 0 amide bonds. The van der Waals surface area contributed by atoms with Crippen LogP contribution in [0.1, 0.15) is 52.3 Å². The third kappa shape index (κ3) is 5.31. The van der Waals surface area contributed by atoms with Crippen LogP contribution in [0, 0.1) is 12.8 Å². The second-order valence-electron chi connectivity index (χ2n) is 8.54. The first-order chi connectivity index (χ1) is 14.6. The van der Waals surface area contributed by atoms with E-state index in [-0.39, 0.29) is 23.2 Å². The molecule has 0 aliphatic carbocycles. The average molecular weight is 432 g/mol. The number of H-pyrrole nitrogens is 1. The number of aliphatic hydroxyl groups is 1. The van der Waals surface area contributed by atoms with E-state index < -0.39 is 11.7 Å². The number of rotatable bonds is 8. The molecule has 1 fully saturated rings. The molecule has 4 atom stereocenters. The molecule has 0 saturated carbocycles. The fourth-order valence-corrected chi connectivity index (χ4v) is 4.02. The molecule has 31 heavy (non-hydrogen) atoms. The van der Waals surface area contributed by atoms with Crippen LogP contribution in [0.2, 0.25) is 0 Å². The molecule has 0 aromatic carbocycles. The number of aromatic amines is 1. The Bertz CT molecular complexity index is 927. The second-order valence-corrected chi connectivity index (χ2v) is 8.54. The van der Waals surface area contributed by atoms with Crippen LogP contribution in [0.4, 0.5) is 0 Å². The van der Waals surface area contributed by atoms with Crippen molar-refractivity contribution in [2.24, 2.45) is 5.92 Å². The van der Waals surface area contributed by atoms with Crippen molar-refractivity contribution in [3.05, 3.63) is 56.9 Å². The SMILES string of the molecule is C/C=C(\C)[C@H]1O[C@](C)(/C=C/C/C(C)=C/Cc2[nH]c(OC)c(OC)c(=O)c2C)[C@@H](O)[C@@H]1C. The van der Waals surface area contributed by atoms with Gasteiger partial charge >= 0.3 is 0 Å². The summed E-state index contributed by atoms with van der Waals surface area (Å²) >= 11 is 0. The fraction of sp³-hybridized carbons (Fsp3) is 0.560. The van der Waals surface area contributed by atoms with Gasteiger partial charge in [-0.15, -0.1) is 0 Å². The van der Waals surface area contributed by atoms with Crippen LogP contribution in [0.3, 0.4) is 0 Å². The third-order valence-electron chi connectivity index (χ3n) is 6.27. The molecule has 0 radical (unpaired) electrons. The summed E-state index contributed by atoms with van der Waals surface area (Å²) in [5, 5.41) is 10.7. The zero-order valence-electron chi connectivity index (χ0n) is 20.0. The normalized spacial score (nSPS) is 27.2. The van der Waals surface area contributed by atoms with Crippen LogP contribution < -0.4 is 14.9 Å². The van der Waals surface area contributed by atoms with Crippen molar-refractivity contribution in [1.29, 1.82) is 0 Å². The van der Waals surface area contributed by atoms with Gasteiger partial charge in [-0.3, -0.25) is 4.79 Å². The molecule has 1 aromatic rings. The van der Waals surface area contributed by atoms with E-state index in [1.807, 2.05) is 52.8 Å². The Morgan fingerprint density at radius 1 is 1.29 bits per heavy atom. The first kappa shape index (κ1) is 25.0. The zero-order chi connectivity index (χ0) is 23.3. The van der Waals surface area contributed by atoms with Crippen LogP contribution in [-0.2, 0) is 11.2 Å². The highest BCUT2D eigenvalue weighted by molar-refractivity contribution is 5.40. The van der Waals surface area contributed by atoms with Gasteiger partial charge in [-0.2, -0.15) is 0 Å². The van der Waals surface area contributed by atoms with Gasteiger partial charge < -0.3 is 24.3 Å². The average Bonchev–Trinajstić information content (AvgIpc) is 2.98. The Kier molecular flexibility index (Phi) is 8.32. The first-order valence-corrected chi connectivity index (χ1v) is 10.7. The lowest BCUT2D eigenvalue weighted by Crippen LogP contribution is -2.35. The Hall–Kier alpha value is -2.31. The Morgan fingerprint density at radius 2 is 1.97 bits per heavy atom. The minimum atomic E-state index is -0.709. The van der Waals surface area contributed by atoms with E-state index in [1.165, 1.54) is 14.2 Å². The van der Waals surface area contributed by atoms with E-state index in [0.29, 0.717) is 17.9 Å². The summed E-state index contributed by atoms with van der Waals surface area (Å²) in [6.45, 7) is 11.8. The van der Waals surface area contributed by atoms with Gasteiger partial charge in [0, 0.05) is 23.6 Å². The van der Waals surface area contributed by atoms with Crippen LogP contribution in [0.15, 0.2) is 40.2 Å². The largest absolute Gasteiger partial charge is 0.488 e. The molecular weight excluding hydrogens is 394 g/mol. The number of pyridine rings is 1. The molecule has 1 aliphatic rings. The van der Waals surface area contributed by atoms with E-state index in [1.54, 1.807) is 6.92 Å². The molecule has 2 N–H and O–H groups in total. The van der Waals surface area contributed by atoms with Gasteiger partial charge in [0.25, 0.3) is 0 Å². The number of aliphatic hydroxyl groups excluding tert-OH is 1. The summed E-state index contributed by atoms with van der Waals surface area (Å²) in [5.41, 5.74) is 2.83. The maximum Gasteiger partial charge on any atom is 0.238 e. The predicted octanol–water partition coefficient (Wildman–Crippen LogP) is 4.26. The molecule has 6 nitrogen and oxygen atoms in total. The molecule has 0 spiro atoms. The Morgan fingerprint density at radius 3 is 2.55 bits per heavy atom. The summed E-state index contributed by atoms with van der Waals surface area (Å²) < 4.78 is 16.6. The van der Waals surface area contributed by atoms with Gasteiger partial charge in [0.05, 0.1) is 26.4 Å². The van der Waals surface area contributed by atoms with Crippen LogP contribution in [-0.4, -0.2) is 42.1 Å². The van der Waals surface area contributed by atoms with Crippen molar-refractivity contribution in [3.8, 4) is 11.6 Å². The number of hydrogen-bond donors (Lipinski definition) is 2. The van der Waals surface area contributed by atoms with Crippen molar-refractivity contribution in [1.82, 2.24) is 4.98 Å². The predicted molar refractivity (Wildman–Crippen MR) is 124 cm³/mol. The zero-order valence-corrected chi connectivity index (χ0v) is 20.0. The molecule has 1 aromatic heterocycles. The Labute approximate surface area is 185 Å².